The van der Waals surface area contributed by atoms with Crippen LogP contribution in [0, 0.1) is 0 Å². The first-order valence-electron chi connectivity index (χ1n) is 8.48. The minimum Gasteiger partial charge on any atom is -0.464 e. The van der Waals surface area contributed by atoms with Gasteiger partial charge in [0.15, 0.2) is 4.77 Å². The van der Waals surface area contributed by atoms with Gasteiger partial charge in [0.25, 0.3) is 0 Å². The van der Waals surface area contributed by atoms with Gasteiger partial charge < -0.3 is 19.5 Å². The summed E-state index contributed by atoms with van der Waals surface area (Å²) in [6.07, 6.45) is -0.334. The van der Waals surface area contributed by atoms with E-state index in [1.54, 1.807) is 51.2 Å². The van der Waals surface area contributed by atoms with Crippen molar-refractivity contribution < 1.29 is 23.8 Å². The lowest BCUT2D eigenvalue weighted by Crippen LogP contribution is -2.45. The monoisotopic (exact) mass is 399 g/mol. The van der Waals surface area contributed by atoms with Crippen LogP contribution in [0.3, 0.4) is 0 Å². The van der Waals surface area contributed by atoms with Crippen molar-refractivity contribution in [2.45, 2.75) is 60.3 Å². The summed E-state index contributed by atoms with van der Waals surface area (Å²) in [6.45, 7) is 7.58. The molecule has 26 heavy (non-hydrogen) atoms. The van der Waals surface area contributed by atoms with E-state index in [0.29, 0.717) is 13.0 Å². The molecule has 2 rings (SSSR count). The zero-order valence-corrected chi connectivity index (χ0v) is 17.1. The first-order chi connectivity index (χ1) is 12.3. The van der Waals surface area contributed by atoms with E-state index in [4.69, 9.17) is 14.2 Å². The van der Waals surface area contributed by atoms with E-state index >= 15 is 0 Å². The van der Waals surface area contributed by atoms with Gasteiger partial charge in [-0.2, -0.15) is 0 Å². The zero-order valence-electron chi connectivity index (χ0n) is 15.4. The Labute approximate surface area is 162 Å². The van der Waals surface area contributed by atoms with E-state index in [1.165, 1.54) is 9.79 Å². The molecule has 0 saturated heterocycles. The van der Waals surface area contributed by atoms with E-state index in [-0.39, 0.29) is 11.4 Å². The molecule has 0 radical (unpaired) electrons. The number of hydrogen-bond donors (Lipinski definition) is 1. The molecular weight excluding hydrogens is 374 g/mol. The van der Waals surface area contributed by atoms with Crippen molar-refractivity contribution in [1.29, 1.82) is 0 Å². The second kappa shape index (κ2) is 9.53. The lowest BCUT2D eigenvalue weighted by Gasteiger charge is -2.23. The molecular formula is C18H25NO5S2. The number of nitrogens with one attached hydrogen (secondary N) is 1. The Bertz CT molecular complexity index is 607. The summed E-state index contributed by atoms with van der Waals surface area (Å²) in [5.41, 5.74) is -0.636. The van der Waals surface area contributed by atoms with Gasteiger partial charge in [-0.3, -0.25) is 0 Å². The van der Waals surface area contributed by atoms with Crippen LogP contribution in [0.4, 0.5) is 4.79 Å². The molecule has 1 N–H and O–H groups in total. The molecule has 0 aromatic heterocycles. The highest BCUT2D eigenvalue weighted by Crippen LogP contribution is 2.47. The number of carbonyl (C=O) groups excluding carboxylic acids is 2. The standard InChI is InChI=1S/C18H25NO5S2/c1-5-22-15(20)12(19-16(21)24-18(2,3)4)10-11-23-17-25-13-8-6-7-9-14(13)26-17/h6-9,12,17H,5,10-11H2,1-4H3,(H,19,21)/t12-/m0/s1. The average molecular weight is 400 g/mol. The van der Waals surface area contributed by atoms with E-state index in [2.05, 4.69) is 17.4 Å². The van der Waals surface area contributed by atoms with E-state index in [0.717, 1.165) is 0 Å². The van der Waals surface area contributed by atoms with Crippen molar-refractivity contribution in [1.82, 2.24) is 5.32 Å². The fraction of sp³-hybridized carbons (Fsp3) is 0.556. The van der Waals surface area contributed by atoms with Crippen LogP contribution in [0.15, 0.2) is 34.1 Å². The van der Waals surface area contributed by atoms with Gasteiger partial charge in [0.05, 0.1) is 13.2 Å². The Balaban J connectivity index is 1.83. The fourth-order valence-electron chi connectivity index (χ4n) is 2.17. The van der Waals surface area contributed by atoms with Crippen molar-refractivity contribution in [2.24, 2.45) is 0 Å². The van der Waals surface area contributed by atoms with E-state index in [9.17, 15) is 9.59 Å². The molecule has 8 heteroatoms. The molecule has 0 unspecified atom stereocenters. The molecule has 6 nitrogen and oxygen atoms in total. The third-order valence-electron chi connectivity index (χ3n) is 3.22. The van der Waals surface area contributed by atoms with Crippen LogP contribution in [0.2, 0.25) is 0 Å². The maximum absolute atomic E-state index is 12.1. The van der Waals surface area contributed by atoms with Crippen molar-refractivity contribution in [2.75, 3.05) is 13.2 Å². The van der Waals surface area contributed by atoms with Gasteiger partial charge >= 0.3 is 12.1 Å². The van der Waals surface area contributed by atoms with Crippen LogP contribution in [0.25, 0.3) is 0 Å². The topological polar surface area (TPSA) is 73.9 Å². The van der Waals surface area contributed by atoms with Crippen LogP contribution in [-0.2, 0) is 19.0 Å². The quantitative estimate of drug-likeness (QED) is 0.694. The predicted octanol–water partition coefficient (Wildman–Crippen LogP) is 4.03. The van der Waals surface area contributed by atoms with Gasteiger partial charge in [0, 0.05) is 16.2 Å². The van der Waals surface area contributed by atoms with Crippen LogP contribution in [0.1, 0.15) is 34.1 Å². The van der Waals surface area contributed by atoms with Gasteiger partial charge in [-0.1, -0.05) is 35.7 Å². The minimum absolute atomic E-state index is 0.0585. The lowest BCUT2D eigenvalue weighted by atomic mass is 10.2. The zero-order chi connectivity index (χ0) is 19.2. The lowest BCUT2D eigenvalue weighted by molar-refractivity contribution is -0.146. The van der Waals surface area contributed by atoms with Gasteiger partial charge in [0.1, 0.15) is 11.6 Å². The van der Waals surface area contributed by atoms with Crippen LogP contribution in [-0.4, -0.2) is 41.7 Å². The molecule has 1 aromatic carbocycles. The number of esters is 1. The molecule has 1 aromatic rings. The molecule has 0 fully saturated rings. The Morgan fingerprint density at radius 1 is 1.19 bits per heavy atom. The summed E-state index contributed by atoms with van der Waals surface area (Å²) in [7, 11) is 0. The second-order valence-electron chi connectivity index (χ2n) is 6.58. The number of fused-ring (bicyclic) bond motifs is 1. The number of carbonyl (C=O) groups is 2. The van der Waals surface area contributed by atoms with E-state index in [1.807, 2.05) is 12.1 Å². The maximum atomic E-state index is 12.1. The number of thioether (sulfide) groups is 2. The SMILES string of the molecule is CCOC(=O)[C@H](CCOC1Sc2ccccc2S1)NC(=O)OC(C)(C)C. The summed E-state index contributed by atoms with van der Waals surface area (Å²) in [4.78, 5) is 26.4. The molecule has 0 saturated carbocycles. The molecule has 1 aliphatic heterocycles. The van der Waals surface area contributed by atoms with Gasteiger partial charge in [-0.15, -0.1) is 0 Å². The molecule has 0 bridgehead atoms. The Kier molecular flexibility index (Phi) is 7.67. The molecule has 1 heterocycles. The number of benzene rings is 1. The average Bonchev–Trinajstić information content (AvgIpc) is 2.95. The molecule has 1 amide bonds. The molecule has 0 spiro atoms. The summed E-state index contributed by atoms with van der Waals surface area (Å²) in [5, 5.41) is 2.57. The predicted molar refractivity (Wildman–Crippen MR) is 102 cm³/mol. The van der Waals surface area contributed by atoms with Crippen molar-refractivity contribution >= 4 is 35.6 Å². The number of amides is 1. The molecule has 0 aliphatic carbocycles. The summed E-state index contributed by atoms with van der Waals surface area (Å²) in [6, 6.07) is 7.31. The number of rotatable bonds is 7. The highest BCUT2D eigenvalue weighted by molar-refractivity contribution is 8.19. The first-order valence-corrected chi connectivity index (χ1v) is 10.2. The maximum Gasteiger partial charge on any atom is 0.408 e. The van der Waals surface area contributed by atoms with E-state index < -0.39 is 23.7 Å². The van der Waals surface area contributed by atoms with Crippen molar-refractivity contribution in [3.63, 3.8) is 0 Å². The Morgan fingerprint density at radius 2 is 1.81 bits per heavy atom. The third-order valence-corrected chi connectivity index (χ3v) is 5.80. The Hall–Kier alpha value is -1.38. The van der Waals surface area contributed by atoms with Crippen LogP contribution >= 0.6 is 23.5 Å². The summed E-state index contributed by atoms with van der Waals surface area (Å²) < 4.78 is 16.0. The third kappa shape index (κ3) is 6.74. The van der Waals surface area contributed by atoms with Crippen LogP contribution in [0.5, 0.6) is 0 Å². The molecule has 144 valence electrons. The largest absolute Gasteiger partial charge is 0.464 e. The van der Waals surface area contributed by atoms with Crippen LogP contribution < -0.4 is 5.32 Å². The highest BCUT2D eigenvalue weighted by atomic mass is 32.2. The molecule has 1 aliphatic rings. The fourth-order valence-corrected chi connectivity index (χ4v) is 4.70. The second-order valence-corrected chi connectivity index (χ2v) is 9.09. The normalized spacial score (nSPS) is 15.2. The molecule has 1 atom stereocenters. The highest BCUT2D eigenvalue weighted by Gasteiger charge is 2.27. The minimum atomic E-state index is -0.802. The number of alkyl carbamates (subject to hydrolysis) is 1. The summed E-state index contributed by atoms with van der Waals surface area (Å²) in [5.74, 6) is -0.489. The van der Waals surface area contributed by atoms with Gasteiger partial charge in [-0.05, 0) is 39.8 Å². The van der Waals surface area contributed by atoms with Gasteiger partial charge in [0.2, 0.25) is 0 Å². The number of hydrogen-bond acceptors (Lipinski definition) is 7. The van der Waals surface area contributed by atoms with Crippen molar-refractivity contribution in [3.8, 4) is 0 Å². The smallest absolute Gasteiger partial charge is 0.408 e. The van der Waals surface area contributed by atoms with Gasteiger partial charge in [-0.25, -0.2) is 9.59 Å². The number of ether oxygens (including phenoxy) is 3. The van der Waals surface area contributed by atoms with Crippen molar-refractivity contribution in [3.05, 3.63) is 24.3 Å². The summed E-state index contributed by atoms with van der Waals surface area (Å²) >= 11 is 3.28. The first kappa shape index (κ1) is 20.9. The Morgan fingerprint density at radius 3 is 2.35 bits per heavy atom.